The van der Waals surface area contributed by atoms with Crippen LogP contribution in [0.3, 0.4) is 0 Å². The highest BCUT2D eigenvalue weighted by Gasteiger charge is 2.44. The molecule has 6 nitrogen and oxygen atoms in total. The Labute approximate surface area is 154 Å². The third kappa shape index (κ3) is 4.37. The second-order valence-electron chi connectivity index (χ2n) is 6.63. The number of piperidine rings is 1. The highest BCUT2D eigenvalue weighted by molar-refractivity contribution is 6.30. The molecule has 3 rings (SSSR count). The summed E-state index contributed by atoms with van der Waals surface area (Å²) in [5.41, 5.74) is 0. The van der Waals surface area contributed by atoms with Crippen LogP contribution in [0.15, 0.2) is 21.2 Å². The van der Waals surface area contributed by atoms with Gasteiger partial charge in [-0.15, -0.1) is 0 Å². The number of hydrogen-bond donors (Lipinski definition) is 1. The van der Waals surface area contributed by atoms with Gasteiger partial charge in [0.15, 0.2) is 0 Å². The average Bonchev–Trinajstić information content (AvgIpc) is 2.57. The molecule has 0 bridgehead atoms. The number of guanidine groups is 1. The molecule has 0 saturated carbocycles. The first-order valence-electron chi connectivity index (χ1n) is 8.48. The number of likely N-dealkylation sites (tertiary alicyclic amines) is 1. The van der Waals surface area contributed by atoms with E-state index in [1.807, 2.05) is 4.90 Å². The molecule has 3 unspecified atom stereocenters. The maximum atomic E-state index is 12.9. The van der Waals surface area contributed by atoms with Crippen LogP contribution in [0.1, 0.15) is 26.2 Å². The molecule has 144 valence electrons. The summed E-state index contributed by atoms with van der Waals surface area (Å²) in [7, 11) is 0. The Balaban J connectivity index is 1.53. The Morgan fingerprint density at radius 3 is 2.65 bits per heavy atom. The highest BCUT2D eigenvalue weighted by Crippen LogP contribution is 2.31. The average molecular weight is 393 g/mol. The van der Waals surface area contributed by atoms with E-state index in [-0.39, 0.29) is 18.4 Å². The standard InChI is InChI=1S/C16H20ClF3N4O2/c1-9-11(16(18,19)20)7-22-15(23-9)24-4-2-10(3-5-24)26-13-6-14(25)21-8-12(13)17/h7-11,13H,2-6H2,1H3,(H,21,25). The summed E-state index contributed by atoms with van der Waals surface area (Å²) < 4.78 is 44.5. The van der Waals surface area contributed by atoms with Gasteiger partial charge in [-0.3, -0.25) is 4.79 Å². The summed E-state index contributed by atoms with van der Waals surface area (Å²) in [5.74, 6) is -1.44. The van der Waals surface area contributed by atoms with Crippen molar-refractivity contribution in [3.63, 3.8) is 0 Å². The van der Waals surface area contributed by atoms with E-state index in [0.717, 1.165) is 6.21 Å². The zero-order valence-corrected chi connectivity index (χ0v) is 14.9. The van der Waals surface area contributed by atoms with Gasteiger partial charge in [0.2, 0.25) is 11.9 Å². The summed E-state index contributed by atoms with van der Waals surface area (Å²) in [5, 5.41) is 2.99. The van der Waals surface area contributed by atoms with E-state index in [0.29, 0.717) is 36.9 Å². The Morgan fingerprint density at radius 2 is 2.04 bits per heavy atom. The summed E-state index contributed by atoms with van der Waals surface area (Å²) in [4.78, 5) is 21.3. The Bertz CT molecular complexity index is 642. The van der Waals surface area contributed by atoms with Gasteiger partial charge in [0.05, 0.1) is 23.6 Å². The first-order valence-corrected chi connectivity index (χ1v) is 8.86. The molecule has 26 heavy (non-hydrogen) atoms. The van der Waals surface area contributed by atoms with Gasteiger partial charge in [-0.2, -0.15) is 13.2 Å². The van der Waals surface area contributed by atoms with Crippen molar-refractivity contribution in [1.29, 1.82) is 0 Å². The lowest BCUT2D eigenvalue weighted by Crippen LogP contribution is -2.45. The molecule has 3 heterocycles. The maximum Gasteiger partial charge on any atom is 0.398 e. The molecule has 0 aromatic rings. The number of rotatable bonds is 2. The predicted molar refractivity (Wildman–Crippen MR) is 91.1 cm³/mol. The third-order valence-electron chi connectivity index (χ3n) is 4.70. The second-order valence-corrected chi connectivity index (χ2v) is 7.06. The SMILES string of the molecule is CC1N=C(N2CCC(OC3CC(=O)NC=C3Cl)CC2)N=CC1C(F)(F)F. The van der Waals surface area contributed by atoms with Crippen molar-refractivity contribution in [2.75, 3.05) is 13.1 Å². The van der Waals surface area contributed by atoms with Gasteiger partial charge >= 0.3 is 6.18 Å². The number of aliphatic imine (C=N–C) groups is 2. The molecular weight excluding hydrogens is 373 g/mol. The number of carbonyl (C=O) groups excluding carboxylic acids is 1. The molecule has 1 saturated heterocycles. The molecule has 0 aromatic carbocycles. The lowest BCUT2D eigenvalue weighted by atomic mass is 10.0. The molecular formula is C16H20ClF3N4O2. The van der Waals surface area contributed by atoms with E-state index in [1.54, 1.807) is 0 Å². The monoisotopic (exact) mass is 392 g/mol. The quantitative estimate of drug-likeness (QED) is 0.785. The number of nitrogens with zero attached hydrogens (tertiary/aromatic N) is 3. The van der Waals surface area contributed by atoms with Crippen LogP contribution >= 0.6 is 11.6 Å². The third-order valence-corrected chi connectivity index (χ3v) is 5.05. The summed E-state index contributed by atoms with van der Waals surface area (Å²) >= 11 is 6.06. The number of amides is 1. The Hall–Kier alpha value is -1.61. The first-order chi connectivity index (χ1) is 12.2. The van der Waals surface area contributed by atoms with E-state index in [9.17, 15) is 18.0 Å². The van der Waals surface area contributed by atoms with Gasteiger partial charge in [-0.05, 0) is 19.8 Å². The smallest absolute Gasteiger partial charge is 0.369 e. The predicted octanol–water partition coefficient (Wildman–Crippen LogP) is 2.44. The number of carbonyl (C=O) groups is 1. The van der Waals surface area contributed by atoms with Crippen LogP contribution in [0.2, 0.25) is 0 Å². The molecule has 0 aromatic heterocycles. The lowest BCUT2D eigenvalue weighted by Gasteiger charge is -2.36. The number of ether oxygens (including phenoxy) is 1. The molecule has 1 N–H and O–H groups in total. The zero-order chi connectivity index (χ0) is 18.9. The normalized spacial score (nSPS) is 30.7. The summed E-state index contributed by atoms with van der Waals surface area (Å²) in [6.07, 6.45) is -0.960. The van der Waals surface area contributed by atoms with E-state index in [1.165, 1.54) is 13.1 Å². The van der Waals surface area contributed by atoms with Gasteiger partial charge in [0.25, 0.3) is 0 Å². The van der Waals surface area contributed by atoms with E-state index >= 15 is 0 Å². The van der Waals surface area contributed by atoms with Crippen LogP contribution < -0.4 is 5.32 Å². The van der Waals surface area contributed by atoms with Gasteiger partial charge in [-0.25, -0.2) is 9.98 Å². The number of halogens is 4. The molecule has 3 aliphatic rings. The fourth-order valence-electron chi connectivity index (χ4n) is 3.19. The molecule has 3 aliphatic heterocycles. The maximum absolute atomic E-state index is 12.9. The number of alkyl halides is 3. The second kappa shape index (κ2) is 7.56. The molecule has 0 radical (unpaired) electrons. The highest BCUT2D eigenvalue weighted by atomic mass is 35.5. The van der Waals surface area contributed by atoms with Gasteiger partial charge in [0.1, 0.15) is 12.0 Å². The van der Waals surface area contributed by atoms with Crippen LogP contribution in [0, 0.1) is 5.92 Å². The van der Waals surface area contributed by atoms with E-state index in [2.05, 4.69) is 15.3 Å². The van der Waals surface area contributed by atoms with Crippen LogP contribution in [-0.4, -0.2) is 60.5 Å². The van der Waals surface area contributed by atoms with Crippen molar-refractivity contribution >= 4 is 29.7 Å². The minimum atomic E-state index is -4.34. The number of hydrogen-bond acceptors (Lipinski definition) is 5. The van der Waals surface area contributed by atoms with Crippen molar-refractivity contribution in [2.24, 2.45) is 15.9 Å². The van der Waals surface area contributed by atoms with Gasteiger partial charge in [-0.1, -0.05) is 11.6 Å². The lowest BCUT2D eigenvalue weighted by molar-refractivity contribution is -0.157. The Kier molecular flexibility index (Phi) is 5.57. The van der Waals surface area contributed by atoms with Crippen LogP contribution in [-0.2, 0) is 9.53 Å². The fourth-order valence-corrected chi connectivity index (χ4v) is 3.38. The van der Waals surface area contributed by atoms with Crippen LogP contribution in [0.4, 0.5) is 13.2 Å². The van der Waals surface area contributed by atoms with Crippen LogP contribution in [0.25, 0.3) is 0 Å². The first kappa shape index (κ1) is 19.2. The molecule has 3 atom stereocenters. The van der Waals surface area contributed by atoms with Gasteiger partial charge < -0.3 is 15.0 Å². The van der Waals surface area contributed by atoms with E-state index in [4.69, 9.17) is 16.3 Å². The molecule has 1 fully saturated rings. The summed E-state index contributed by atoms with van der Waals surface area (Å²) in [6.45, 7) is 2.59. The van der Waals surface area contributed by atoms with Crippen molar-refractivity contribution in [2.45, 2.75) is 50.6 Å². The van der Waals surface area contributed by atoms with Crippen molar-refractivity contribution in [3.8, 4) is 0 Å². The molecule has 1 amide bonds. The van der Waals surface area contributed by atoms with Crippen molar-refractivity contribution in [3.05, 3.63) is 11.2 Å². The van der Waals surface area contributed by atoms with Gasteiger partial charge in [0, 0.05) is 25.5 Å². The zero-order valence-electron chi connectivity index (χ0n) is 14.2. The number of nitrogens with one attached hydrogen (secondary N) is 1. The van der Waals surface area contributed by atoms with Crippen molar-refractivity contribution < 1.29 is 22.7 Å². The Morgan fingerprint density at radius 1 is 1.35 bits per heavy atom. The largest absolute Gasteiger partial charge is 0.398 e. The molecule has 0 aliphatic carbocycles. The van der Waals surface area contributed by atoms with E-state index < -0.39 is 24.2 Å². The minimum Gasteiger partial charge on any atom is -0.369 e. The molecule has 10 heteroatoms. The fraction of sp³-hybridized carbons (Fsp3) is 0.688. The topological polar surface area (TPSA) is 66.3 Å². The summed E-state index contributed by atoms with van der Waals surface area (Å²) in [6, 6.07) is -0.888. The van der Waals surface area contributed by atoms with Crippen LogP contribution in [0.5, 0.6) is 0 Å². The molecule has 0 spiro atoms. The minimum absolute atomic E-state index is 0.0715. The van der Waals surface area contributed by atoms with Crippen molar-refractivity contribution in [1.82, 2.24) is 10.2 Å².